The zero-order chi connectivity index (χ0) is 13.1. The normalized spacial score (nSPS) is 13.8. The lowest BCUT2D eigenvalue weighted by Crippen LogP contribution is -2.41. The van der Waals surface area contributed by atoms with Crippen LogP contribution in [-0.2, 0) is 6.42 Å². The smallest absolute Gasteiger partial charge is 0.124 e. The summed E-state index contributed by atoms with van der Waals surface area (Å²) in [5.41, 5.74) is 0.767. The molecule has 4 heteroatoms. The molecule has 1 atom stereocenters. The number of benzene rings is 1. The van der Waals surface area contributed by atoms with Gasteiger partial charge in [-0.3, -0.25) is 0 Å². The minimum atomic E-state index is -0.511. The van der Waals surface area contributed by atoms with Crippen molar-refractivity contribution < 1.29 is 9.50 Å². The standard InChI is InChI=1S/C13H19BrFNO/c1-13(2,3)16-8-12(17)6-9-4-10(14)7-11(15)5-9/h4-5,7,12,16-17H,6,8H2,1-3H3. The van der Waals surface area contributed by atoms with Crippen LogP contribution in [0.4, 0.5) is 4.39 Å². The molecule has 2 nitrogen and oxygen atoms in total. The fourth-order valence-electron chi connectivity index (χ4n) is 1.50. The SMILES string of the molecule is CC(C)(C)NCC(O)Cc1cc(F)cc(Br)c1. The summed E-state index contributed by atoms with van der Waals surface area (Å²) in [6.45, 7) is 6.62. The summed E-state index contributed by atoms with van der Waals surface area (Å²) < 4.78 is 13.8. The van der Waals surface area contributed by atoms with E-state index in [9.17, 15) is 9.50 Å². The van der Waals surface area contributed by atoms with Crippen LogP contribution in [0.15, 0.2) is 22.7 Å². The molecule has 0 saturated heterocycles. The fraction of sp³-hybridized carbons (Fsp3) is 0.538. The summed E-state index contributed by atoms with van der Waals surface area (Å²) >= 11 is 3.24. The van der Waals surface area contributed by atoms with E-state index in [0.29, 0.717) is 17.4 Å². The summed E-state index contributed by atoms with van der Waals surface area (Å²) in [4.78, 5) is 0. The lowest BCUT2D eigenvalue weighted by molar-refractivity contribution is 0.161. The minimum Gasteiger partial charge on any atom is -0.391 e. The predicted octanol–water partition coefficient (Wildman–Crippen LogP) is 2.88. The summed E-state index contributed by atoms with van der Waals surface area (Å²) in [6.07, 6.45) is -0.0673. The van der Waals surface area contributed by atoms with Gasteiger partial charge < -0.3 is 10.4 Å². The van der Waals surface area contributed by atoms with Gasteiger partial charge in [0.15, 0.2) is 0 Å². The molecule has 0 aromatic heterocycles. The van der Waals surface area contributed by atoms with Crippen LogP contribution in [0.2, 0.25) is 0 Å². The summed E-state index contributed by atoms with van der Waals surface area (Å²) in [5.74, 6) is -0.287. The molecule has 0 aliphatic heterocycles. The first-order chi connectivity index (χ1) is 7.76. The quantitative estimate of drug-likeness (QED) is 0.896. The Morgan fingerprint density at radius 1 is 1.35 bits per heavy atom. The number of aliphatic hydroxyl groups excluding tert-OH is 1. The molecular weight excluding hydrogens is 285 g/mol. The van der Waals surface area contributed by atoms with Crippen LogP contribution in [0.3, 0.4) is 0 Å². The van der Waals surface area contributed by atoms with Crippen molar-refractivity contribution in [3.05, 3.63) is 34.1 Å². The molecule has 0 amide bonds. The first-order valence-electron chi connectivity index (χ1n) is 5.64. The van der Waals surface area contributed by atoms with Gasteiger partial charge in [-0.15, -0.1) is 0 Å². The van der Waals surface area contributed by atoms with E-state index in [1.165, 1.54) is 12.1 Å². The molecule has 0 saturated carbocycles. The Hall–Kier alpha value is -0.450. The average molecular weight is 304 g/mol. The Bertz CT molecular complexity index is 356. The molecule has 0 aliphatic carbocycles. The van der Waals surface area contributed by atoms with Crippen LogP contribution < -0.4 is 5.32 Å². The van der Waals surface area contributed by atoms with Gasteiger partial charge in [0.25, 0.3) is 0 Å². The number of β-amino-alcohol motifs (C(OH)–C–C–N with tert-alkyl or cyclic N) is 1. The maximum Gasteiger partial charge on any atom is 0.124 e. The predicted molar refractivity (Wildman–Crippen MR) is 71.6 cm³/mol. The molecule has 2 N–H and O–H groups in total. The number of nitrogens with one attached hydrogen (secondary N) is 1. The Kier molecular flexibility index (Phi) is 5.10. The average Bonchev–Trinajstić information content (AvgIpc) is 2.11. The van der Waals surface area contributed by atoms with Crippen LogP contribution >= 0.6 is 15.9 Å². The summed E-state index contributed by atoms with van der Waals surface area (Å²) in [5, 5.41) is 13.1. The van der Waals surface area contributed by atoms with Crippen molar-refractivity contribution in [3.8, 4) is 0 Å². The van der Waals surface area contributed by atoms with Crippen LogP contribution in [0.1, 0.15) is 26.3 Å². The Morgan fingerprint density at radius 3 is 2.53 bits per heavy atom. The van der Waals surface area contributed by atoms with Crippen molar-refractivity contribution in [2.75, 3.05) is 6.54 Å². The maximum atomic E-state index is 13.1. The third kappa shape index (κ3) is 6.15. The minimum absolute atomic E-state index is 0.0243. The second-order valence-electron chi connectivity index (χ2n) is 5.27. The van der Waals surface area contributed by atoms with Gasteiger partial charge in [0, 0.05) is 16.6 Å². The zero-order valence-corrected chi connectivity index (χ0v) is 12.0. The molecule has 1 aromatic rings. The molecule has 0 spiro atoms. The molecule has 1 aromatic carbocycles. The van der Waals surface area contributed by atoms with Crippen LogP contribution in [0, 0.1) is 5.82 Å². The van der Waals surface area contributed by atoms with Gasteiger partial charge in [0.05, 0.1) is 6.10 Å². The first-order valence-corrected chi connectivity index (χ1v) is 6.43. The molecule has 96 valence electrons. The maximum absolute atomic E-state index is 13.1. The molecule has 0 fully saturated rings. The number of hydrogen-bond acceptors (Lipinski definition) is 2. The van der Waals surface area contributed by atoms with Crippen molar-refractivity contribution >= 4 is 15.9 Å². The highest BCUT2D eigenvalue weighted by molar-refractivity contribution is 9.10. The molecule has 17 heavy (non-hydrogen) atoms. The highest BCUT2D eigenvalue weighted by Gasteiger charge is 2.13. The second-order valence-corrected chi connectivity index (χ2v) is 6.18. The highest BCUT2D eigenvalue weighted by atomic mass is 79.9. The number of halogens is 2. The van der Waals surface area contributed by atoms with Crippen LogP contribution in [0.25, 0.3) is 0 Å². The van der Waals surface area contributed by atoms with E-state index in [2.05, 4.69) is 21.2 Å². The van der Waals surface area contributed by atoms with E-state index in [-0.39, 0.29) is 11.4 Å². The van der Waals surface area contributed by atoms with E-state index in [0.717, 1.165) is 5.56 Å². The monoisotopic (exact) mass is 303 g/mol. The van der Waals surface area contributed by atoms with Gasteiger partial charge >= 0.3 is 0 Å². The summed E-state index contributed by atoms with van der Waals surface area (Å²) in [7, 11) is 0. The van der Waals surface area contributed by atoms with Gasteiger partial charge in [-0.05, 0) is 51.0 Å². The Morgan fingerprint density at radius 2 is 2.00 bits per heavy atom. The van der Waals surface area contributed by atoms with Gasteiger partial charge in [-0.2, -0.15) is 0 Å². The molecule has 0 heterocycles. The van der Waals surface area contributed by atoms with Crippen LogP contribution in [-0.4, -0.2) is 23.3 Å². The molecule has 0 bridgehead atoms. The van der Waals surface area contributed by atoms with Gasteiger partial charge in [-0.1, -0.05) is 15.9 Å². The number of aliphatic hydroxyl groups is 1. The van der Waals surface area contributed by atoms with Gasteiger partial charge in [0.2, 0.25) is 0 Å². The van der Waals surface area contributed by atoms with E-state index in [4.69, 9.17) is 0 Å². The van der Waals surface area contributed by atoms with Gasteiger partial charge in [-0.25, -0.2) is 4.39 Å². The first kappa shape index (κ1) is 14.6. The van der Waals surface area contributed by atoms with Crippen LogP contribution in [0.5, 0.6) is 0 Å². The molecule has 0 aliphatic rings. The second kappa shape index (κ2) is 5.94. The van der Waals surface area contributed by atoms with E-state index in [1.807, 2.05) is 26.8 Å². The van der Waals surface area contributed by atoms with Crippen molar-refractivity contribution in [2.24, 2.45) is 0 Å². The lowest BCUT2D eigenvalue weighted by atomic mass is 10.1. The van der Waals surface area contributed by atoms with Crippen molar-refractivity contribution in [1.29, 1.82) is 0 Å². The van der Waals surface area contributed by atoms with E-state index >= 15 is 0 Å². The zero-order valence-electron chi connectivity index (χ0n) is 10.4. The number of hydrogen-bond donors (Lipinski definition) is 2. The van der Waals surface area contributed by atoms with Crippen molar-refractivity contribution in [3.63, 3.8) is 0 Å². The van der Waals surface area contributed by atoms with Gasteiger partial charge in [0.1, 0.15) is 5.82 Å². The summed E-state index contributed by atoms with van der Waals surface area (Å²) in [6, 6.07) is 4.68. The Balaban J connectivity index is 2.53. The van der Waals surface area contributed by atoms with E-state index < -0.39 is 6.10 Å². The third-order valence-electron chi connectivity index (χ3n) is 2.26. The molecule has 1 unspecified atom stereocenters. The fourth-order valence-corrected chi connectivity index (χ4v) is 2.01. The molecular formula is C13H19BrFNO. The van der Waals surface area contributed by atoms with Crippen molar-refractivity contribution in [2.45, 2.75) is 38.8 Å². The molecule has 1 rings (SSSR count). The third-order valence-corrected chi connectivity index (χ3v) is 2.72. The number of rotatable bonds is 4. The van der Waals surface area contributed by atoms with E-state index in [1.54, 1.807) is 0 Å². The molecule has 0 radical (unpaired) electrons. The largest absolute Gasteiger partial charge is 0.391 e. The topological polar surface area (TPSA) is 32.3 Å². The van der Waals surface area contributed by atoms with Crippen molar-refractivity contribution in [1.82, 2.24) is 5.32 Å². The highest BCUT2D eigenvalue weighted by Crippen LogP contribution is 2.16. The lowest BCUT2D eigenvalue weighted by Gasteiger charge is -2.23. The Labute approximate surface area is 110 Å².